The second kappa shape index (κ2) is 10.2. The summed E-state index contributed by atoms with van der Waals surface area (Å²) in [6.45, 7) is 1.71. The Balaban J connectivity index is 1.96. The number of nitrogens with zero attached hydrogens (tertiary/aromatic N) is 1. The summed E-state index contributed by atoms with van der Waals surface area (Å²) in [5.41, 5.74) is 5.79. The fraction of sp³-hybridized carbons (Fsp3) is 0.409. The van der Waals surface area contributed by atoms with E-state index in [1.165, 1.54) is 14.2 Å². The highest BCUT2D eigenvalue weighted by Gasteiger charge is 2.33. The van der Waals surface area contributed by atoms with E-state index in [1.807, 2.05) is 0 Å². The van der Waals surface area contributed by atoms with Gasteiger partial charge in [-0.15, -0.1) is 0 Å². The molecule has 1 aliphatic rings. The maximum absolute atomic E-state index is 14.9. The van der Waals surface area contributed by atoms with Gasteiger partial charge < -0.3 is 36.3 Å². The Morgan fingerprint density at radius 2 is 1.79 bits per heavy atom. The summed E-state index contributed by atoms with van der Waals surface area (Å²) < 4.78 is 25.4. The van der Waals surface area contributed by atoms with E-state index in [9.17, 15) is 14.0 Å². The molecule has 11 heteroatoms. The number of primary amides is 1. The van der Waals surface area contributed by atoms with Crippen LogP contribution < -0.4 is 31.2 Å². The molecular weight excluding hydrogens is 433 g/mol. The van der Waals surface area contributed by atoms with Crippen molar-refractivity contribution in [2.24, 2.45) is 11.7 Å². The first kappa shape index (κ1) is 23.9. The van der Waals surface area contributed by atoms with Crippen molar-refractivity contribution in [3.63, 3.8) is 0 Å². The lowest BCUT2D eigenvalue weighted by atomic mass is 9.77. The minimum Gasteiger partial charge on any atom is -0.497 e. The van der Waals surface area contributed by atoms with Crippen LogP contribution in [0.5, 0.6) is 11.5 Å². The molecule has 178 valence electrons. The third kappa shape index (κ3) is 5.73. The van der Waals surface area contributed by atoms with Gasteiger partial charge in [0.2, 0.25) is 0 Å². The molecule has 0 spiro atoms. The number of benzene rings is 1. The van der Waals surface area contributed by atoms with Crippen LogP contribution in [0.3, 0.4) is 0 Å². The average molecular weight is 461 g/mol. The molecule has 1 saturated carbocycles. The van der Waals surface area contributed by atoms with Gasteiger partial charge in [-0.2, -0.15) is 0 Å². The SMILES string of the molecule is COc1cc(Nc2nc(N[C@H](C3CCC3)[C@H](C)NC(=O)O)c(F)cc2C(N)=O)cc(OC)c1. The number of ether oxygens (including phenoxy) is 2. The molecule has 2 amide bonds. The van der Waals surface area contributed by atoms with Gasteiger partial charge in [-0.1, -0.05) is 6.42 Å². The number of methoxy groups -OCH3 is 2. The van der Waals surface area contributed by atoms with Crippen LogP contribution in [0.15, 0.2) is 24.3 Å². The zero-order valence-corrected chi connectivity index (χ0v) is 18.6. The summed E-state index contributed by atoms with van der Waals surface area (Å²) in [5.74, 6) is -0.566. The zero-order chi connectivity index (χ0) is 24.1. The predicted octanol–water partition coefficient (Wildman–Crippen LogP) is 3.32. The summed E-state index contributed by atoms with van der Waals surface area (Å²) >= 11 is 0. The maximum Gasteiger partial charge on any atom is 0.404 e. The van der Waals surface area contributed by atoms with Gasteiger partial charge in [0.05, 0.1) is 25.8 Å². The number of pyridine rings is 1. The van der Waals surface area contributed by atoms with Gasteiger partial charge >= 0.3 is 6.09 Å². The molecule has 0 radical (unpaired) electrons. The highest BCUT2D eigenvalue weighted by molar-refractivity contribution is 5.98. The fourth-order valence-electron chi connectivity index (χ4n) is 3.78. The van der Waals surface area contributed by atoms with Gasteiger partial charge in [0.25, 0.3) is 5.91 Å². The Morgan fingerprint density at radius 1 is 1.15 bits per heavy atom. The van der Waals surface area contributed by atoms with E-state index in [4.69, 9.17) is 20.3 Å². The van der Waals surface area contributed by atoms with Gasteiger partial charge in [0, 0.05) is 29.9 Å². The summed E-state index contributed by atoms with van der Waals surface area (Å²) in [6, 6.07) is 5.10. The Labute approximate surface area is 190 Å². The topological polar surface area (TPSA) is 148 Å². The van der Waals surface area contributed by atoms with Gasteiger partial charge in [0.15, 0.2) is 11.6 Å². The molecule has 2 aromatic rings. The molecule has 0 unspecified atom stereocenters. The van der Waals surface area contributed by atoms with Gasteiger partial charge in [-0.25, -0.2) is 14.2 Å². The molecule has 1 heterocycles. The fourth-order valence-corrected chi connectivity index (χ4v) is 3.78. The van der Waals surface area contributed by atoms with Crippen molar-refractivity contribution in [1.82, 2.24) is 10.3 Å². The van der Waals surface area contributed by atoms with Crippen LogP contribution in [0.25, 0.3) is 0 Å². The van der Waals surface area contributed by atoms with Gasteiger partial charge in [0.1, 0.15) is 17.3 Å². The second-order valence-corrected chi connectivity index (χ2v) is 7.90. The Kier molecular flexibility index (Phi) is 7.41. The highest BCUT2D eigenvalue weighted by Crippen LogP contribution is 2.34. The monoisotopic (exact) mass is 461 g/mol. The molecule has 1 aromatic carbocycles. The number of aromatic nitrogens is 1. The summed E-state index contributed by atoms with van der Waals surface area (Å²) in [4.78, 5) is 27.4. The second-order valence-electron chi connectivity index (χ2n) is 7.90. The molecule has 6 N–H and O–H groups in total. The van der Waals surface area contributed by atoms with Crippen molar-refractivity contribution in [2.75, 3.05) is 24.9 Å². The summed E-state index contributed by atoms with van der Waals surface area (Å²) in [7, 11) is 3.00. The first-order chi connectivity index (χ1) is 15.7. The average Bonchev–Trinajstić information content (AvgIpc) is 2.72. The molecule has 1 aliphatic carbocycles. The van der Waals surface area contributed by atoms with Crippen molar-refractivity contribution >= 4 is 29.3 Å². The van der Waals surface area contributed by atoms with Crippen molar-refractivity contribution < 1.29 is 28.6 Å². The van der Waals surface area contributed by atoms with Crippen LogP contribution in [0.2, 0.25) is 0 Å². The van der Waals surface area contributed by atoms with E-state index in [2.05, 4.69) is 20.9 Å². The molecule has 3 rings (SSSR count). The van der Waals surface area contributed by atoms with E-state index in [-0.39, 0.29) is 29.2 Å². The number of carbonyl (C=O) groups is 2. The number of nitrogens with one attached hydrogen (secondary N) is 3. The van der Waals surface area contributed by atoms with Crippen LogP contribution in [0, 0.1) is 11.7 Å². The molecular formula is C22H28FN5O5. The van der Waals surface area contributed by atoms with Crippen LogP contribution in [-0.2, 0) is 0 Å². The number of nitrogens with two attached hydrogens (primary N) is 1. The van der Waals surface area contributed by atoms with E-state index in [1.54, 1.807) is 25.1 Å². The lowest BCUT2D eigenvalue weighted by molar-refractivity contribution is 0.1000. The number of hydrogen-bond donors (Lipinski definition) is 5. The largest absolute Gasteiger partial charge is 0.497 e. The third-order valence-corrected chi connectivity index (χ3v) is 5.71. The number of halogens is 1. The first-order valence-corrected chi connectivity index (χ1v) is 10.5. The molecule has 10 nitrogen and oxygen atoms in total. The van der Waals surface area contributed by atoms with Crippen molar-refractivity contribution in [3.8, 4) is 11.5 Å². The number of carbonyl (C=O) groups excluding carboxylic acids is 1. The van der Waals surface area contributed by atoms with Crippen LogP contribution in [-0.4, -0.2) is 48.4 Å². The van der Waals surface area contributed by atoms with E-state index in [0.29, 0.717) is 17.2 Å². The minimum absolute atomic E-state index is 0.0351. The Morgan fingerprint density at radius 3 is 2.27 bits per heavy atom. The van der Waals surface area contributed by atoms with Gasteiger partial charge in [-0.05, 0) is 31.7 Å². The molecule has 1 fully saturated rings. The number of hydrogen-bond acceptors (Lipinski definition) is 7. The normalized spacial score (nSPS) is 15.0. The number of amides is 2. The molecule has 1 aromatic heterocycles. The number of carboxylic acid groups (broad SMARTS) is 1. The standard InChI is InChI=1S/C22H28FN5O5/c1-11(25-22(30)31)18(12-5-4-6-12)27-21-17(23)10-16(19(24)29)20(28-21)26-13-7-14(32-2)9-15(8-13)33-3/h7-12,18,25H,4-6H2,1-3H3,(H2,24,29)(H,30,31)(H2,26,27,28)/t11-,18-/m0/s1. The molecule has 2 atom stereocenters. The Hall–Kier alpha value is -3.76. The van der Waals surface area contributed by atoms with Crippen LogP contribution in [0.1, 0.15) is 36.5 Å². The maximum atomic E-state index is 14.9. The predicted molar refractivity (Wildman–Crippen MR) is 121 cm³/mol. The summed E-state index contributed by atoms with van der Waals surface area (Å²) in [6.07, 6.45) is 1.63. The Bertz CT molecular complexity index is 1010. The molecule has 0 aliphatic heterocycles. The quantitative estimate of drug-likeness (QED) is 0.362. The lowest BCUT2D eigenvalue weighted by Gasteiger charge is -2.38. The van der Waals surface area contributed by atoms with Crippen LogP contribution in [0.4, 0.5) is 26.5 Å². The van der Waals surface area contributed by atoms with Gasteiger partial charge in [-0.3, -0.25) is 4.79 Å². The number of anilines is 3. The van der Waals surface area contributed by atoms with Crippen molar-refractivity contribution in [3.05, 3.63) is 35.6 Å². The molecule has 33 heavy (non-hydrogen) atoms. The van der Waals surface area contributed by atoms with Crippen molar-refractivity contribution in [2.45, 2.75) is 38.3 Å². The summed E-state index contributed by atoms with van der Waals surface area (Å²) in [5, 5.41) is 17.5. The zero-order valence-electron chi connectivity index (χ0n) is 18.6. The third-order valence-electron chi connectivity index (χ3n) is 5.71. The van der Waals surface area contributed by atoms with E-state index in [0.717, 1.165) is 25.3 Å². The molecule has 0 bridgehead atoms. The number of rotatable bonds is 10. The van der Waals surface area contributed by atoms with Crippen molar-refractivity contribution in [1.29, 1.82) is 0 Å². The molecule has 0 saturated heterocycles. The highest BCUT2D eigenvalue weighted by atomic mass is 19.1. The van der Waals surface area contributed by atoms with Crippen LogP contribution >= 0.6 is 0 Å². The lowest BCUT2D eigenvalue weighted by Crippen LogP contribution is -2.50. The van der Waals surface area contributed by atoms with E-state index >= 15 is 0 Å². The first-order valence-electron chi connectivity index (χ1n) is 10.5. The van der Waals surface area contributed by atoms with E-state index < -0.39 is 23.9 Å². The minimum atomic E-state index is -1.17. The smallest absolute Gasteiger partial charge is 0.404 e.